The van der Waals surface area contributed by atoms with Crippen molar-refractivity contribution in [3.63, 3.8) is 0 Å². The van der Waals surface area contributed by atoms with Gasteiger partial charge in [0.05, 0.1) is 11.8 Å². The van der Waals surface area contributed by atoms with E-state index in [1.165, 1.54) is 0 Å². The first-order valence-electron chi connectivity index (χ1n) is 5.65. The average molecular weight is 226 g/mol. The lowest BCUT2D eigenvalue weighted by atomic mass is 9.84. The first kappa shape index (κ1) is 13.2. The van der Waals surface area contributed by atoms with Crippen LogP contribution in [0, 0.1) is 5.41 Å². The maximum atomic E-state index is 10.3. The fourth-order valence-corrected chi connectivity index (χ4v) is 1.74. The third-order valence-corrected chi connectivity index (χ3v) is 2.52. The van der Waals surface area contributed by atoms with E-state index >= 15 is 0 Å². The largest absolute Gasteiger partial charge is 0.384 e. The highest BCUT2D eigenvalue weighted by atomic mass is 16.5. The topological polar surface area (TPSA) is 47.3 Å². The summed E-state index contributed by atoms with van der Waals surface area (Å²) in [4.78, 5) is 0. The van der Waals surface area contributed by atoms with Crippen LogP contribution in [0.2, 0.25) is 0 Å². The highest BCUT2D eigenvalue weighted by Crippen LogP contribution is 2.31. The van der Waals surface area contributed by atoms with E-state index < -0.39 is 6.10 Å². The van der Waals surface area contributed by atoms with E-state index in [-0.39, 0.29) is 11.5 Å². The van der Waals surface area contributed by atoms with E-state index in [2.05, 4.69) is 25.9 Å². The molecule has 2 unspecified atom stereocenters. The molecule has 0 aromatic carbocycles. The van der Waals surface area contributed by atoms with Crippen LogP contribution in [-0.4, -0.2) is 27.6 Å². The molecule has 92 valence electrons. The van der Waals surface area contributed by atoms with Gasteiger partial charge in [0, 0.05) is 19.9 Å². The van der Waals surface area contributed by atoms with Crippen molar-refractivity contribution in [2.45, 2.75) is 39.9 Å². The van der Waals surface area contributed by atoms with Gasteiger partial charge in [-0.1, -0.05) is 20.8 Å². The Kier molecular flexibility index (Phi) is 4.10. The van der Waals surface area contributed by atoms with Crippen LogP contribution in [-0.2, 0) is 11.8 Å². The third kappa shape index (κ3) is 3.06. The molecular formula is C12H22N2O2. The summed E-state index contributed by atoms with van der Waals surface area (Å²) < 4.78 is 7.32. The molecule has 0 radical (unpaired) electrons. The van der Waals surface area contributed by atoms with Gasteiger partial charge in [0.2, 0.25) is 0 Å². The van der Waals surface area contributed by atoms with Gasteiger partial charge in [-0.25, -0.2) is 0 Å². The fraction of sp³-hybridized carbons (Fsp3) is 0.750. The minimum Gasteiger partial charge on any atom is -0.384 e. The van der Waals surface area contributed by atoms with E-state index in [4.69, 9.17) is 4.74 Å². The molecular weight excluding hydrogens is 204 g/mol. The van der Waals surface area contributed by atoms with Crippen molar-refractivity contribution >= 4 is 0 Å². The highest BCUT2D eigenvalue weighted by Gasteiger charge is 2.33. The molecule has 4 nitrogen and oxygen atoms in total. The Morgan fingerprint density at radius 2 is 2.12 bits per heavy atom. The van der Waals surface area contributed by atoms with Crippen molar-refractivity contribution in [1.82, 2.24) is 9.78 Å². The van der Waals surface area contributed by atoms with E-state index in [0.717, 1.165) is 0 Å². The van der Waals surface area contributed by atoms with Gasteiger partial charge in [0.15, 0.2) is 0 Å². The monoisotopic (exact) mass is 226 g/mol. The van der Waals surface area contributed by atoms with Crippen molar-refractivity contribution in [2.24, 2.45) is 12.5 Å². The molecule has 4 heteroatoms. The zero-order chi connectivity index (χ0) is 12.3. The Hall–Kier alpha value is -0.870. The molecule has 0 spiro atoms. The van der Waals surface area contributed by atoms with Gasteiger partial charge < -0.3 is 9.84 Å². The lowest BCUT2D eigenvalue weighted by Crippen LogP contribution is -2.35. The summed E-state index contributed by atoms with van der Waals surface area (Å²) in [5.74, 6) is 0. The number of aryl methyl sites for hydroxylation is 1. The van der Waals surface area contributed by atoms with Gasteiger partial charge >= 0.3 is 0 Å². The summed E-state index contributed by atoms with van der Waals surface area (Å²) >= 11 is 0. The van der Waals surface area contributed by atoms with Crippen LogP contribution in [0.4, 0.5) is 0 Å². The van der Waals surface area contributed by atoms with E-state index in [9.17, 15) is 5.11 Å². The first-order chi connectivity index (χ1) is 7.36. The molecule has 0 saturated heterocycles. The number of aliphatic hydroxyl groups excluding tert-OH is 1. The van der Waals surface area contributed by atoms with E-state index in [1.807, 2.05) is 26.2 Å². The molecule has 0 fully saturated rings. The van der Waals surface area contributed by atoms with Gasteiger partial charge in [-0.15, -0.1) is 0 Å². The molecule has 0 amide bonds. The fourth-order valence-electron chi connectivity index (χ4n) is 1.74. The molecule has 1 rings (SSSR count). The van der Waals surface area contributed by atoms with Gasteiger partial charge in [0.25, 0.3) is 0 Å². The Morgan fingerprint density at radius 3 is 2.50 bits per heavy atom. The molecule has 16 heavy (non-hydrogen) atoms. The van der Waals surface area contributed by atoms with Crippen LogP contribution in [0.1, 0.15) is 39.5 Å². The first-order valence-corrected chi connectivity index (χ1v) is 5.65. The van der Waals surface area contributed by atoms with Gasteiger partial charge in [-0.3, -0.25) is 4.68 Å². The van der Waals surface area contributed by atoms with Crippen molar-refractivity contribution in [1.29, 1.82) is 0 Å². The van der Waals surface area contributed by atoms with Gasteiger partial charge in [-0.05, 0) is 18.4 Å². The summed E-state index contributed by atoms with van der Waals surface area (Å²) in [7, 11) is 1.84. The summed E-state index contributed by atoms with van der Waals surface area (Å²) in [6.07, 6.45) is 0.901. The number of aliphatic hydroxyl groups is 1. The number of ether oxygens (including phenoxy) is 1. The second kappa shape index (κ2) is 4.97. The molecule has 1 N–H and O–H groups in total. The normalized spacial score (nSPS) is 16.1. The number of hydrogen-bond acceptors (Lipinski definition) is 3. The van der Waals surface area contributed by atoms with Crippen molar-refractivity contribution in [3.05, 3.63) is 18.0 Å². The lowest BCUT2D eigenvalue weighted by molar-refractivity contribution is -0.0914. The predicted octanol–water partition coefficient (Wildman–Crippen LogP) is 1.90. The summed E-state index contributed by atoms with van der Waals surface area (Å²) in [6, 6.07) is 1.82. The van der Waals surface area contributed by atoms with E-state index in [1.54, 1.807) is 4.68 Å². The highest BCUT2D eigenvalue weighted by molar-refractivity contribution is 5.06. The minimum atomic E-state index is -0.679. The Morgan fingerprint density at radius 1 is 1.50 bits per heavy atom. The van der Waals surface area contributed by atoms with Crippen LogP contribution in [0.3, 0.4) is 0 Å². The Bertz CT molecular complexity index is 328. The Labute approximate surface area is 97.2 Å². The van der Waals surface area contributed by atoms with Crippen molar-refractivity contribution in [2.75, 3.05) is 6.61 Å². The number of aromatic nitrogens is 2. The van der Waals surface area contributed by atoms with E-state index in [0.29, 0.717) is 12.3 Å². The molecule has 0 saturated carbocycles. The molecule has 0 aliphatic heterocycles. The zero-order valence-corrected chi connectivity index (χ0v) is 10.8. The number of hydrogen-bond donors (Lipinski definition) is 1. The number of nitrogens with zero attached hydrogens (tertiary/aromatic N) is 2. The summed E-state index contributed by atoms with van der Waals surface area (Å²) in [6.45, 7) is 8.69. The summed E-state index contributed by atoms with van der Waals surface area (Å²) in [5.41, 5.74) is 0.545. The maximum absolute atomic E-state index is 10.3. The van der Waals surface area contributed by atoms with Crippen LogP contribution in [0.5, 0.6) is 0 Å². The number of rotatable bonds is 4. The standard InChI is InChI=1S/C12H22N2O2/c1-6-16-11(12(2,3)4)10(15)9-7-8-14(5)13-9/h7-8,10-11,15H,6H2,1-5H3. The van der Waals surface area contributed by atoms with Crippen molar-refractivity contribution in [3.8, 4) is 0 Å². The second-order valence-electron chi connectivity index (χ2n) is 5.10. The SMILES string of the molecule is CCOC(C(O)c1ccn(C)n1)C(C)(C)C. The molecule has 0 aliphatic rings. The third-order valence-electron chi connectivity index (χ3n) is 2.52. The maximum Gasteiger partial charge on any atom is 0.124 e. The van der Waals surface area contributed by atoms with Crippen LogP contribution < -0.4 is 0 Å². The van der Waals surface area contributed by atoms with Gasteiger partial charge in [0.1, 0.15) is 6.10 Å². The summed E-state index contributed by atoms with van der Waals surface area (Å²) in [5, 5.41) is 14.5. The predicted molar refractivity (Wildman–Crippen MR) is 63.0 cm³/mol. The lowest BCUT2D eigenvalue weighted by Gasteiger charge is -2.33. The Balaban J connectivity index is 2.86. The molecule has 2 atom stereocenters. The molecule has 1 aromatic heterocycles. The van der Waals surface area contributed by atoms with Gasteiger partial charge in [-0.2, -0.15) is 5.10 Å². The quantitative estimate of drug-likeness (QED) is 0.853. The second-order valence-corrected chi connectivity index (χ2v) is 5.10. The van der Waals surface area contributed by atoms with Crippen LogP contribution >= 0.6 is 0 Å². The minimum absolute atomic E-state index is 0.118. The average Bonchev–Trinajstić information content (AvgIpc) is 2.58. The zero-order valence-electron chi connectivity index (χ0n) is 10.8. The molecule has 0 aliphatic carbocycles. The molecule has 1 heterocycles. The van der Waals surface area contributed by atoms with Crippen LogP contribution in [0.15, 0.2) is 12.3 Å². The van der Waals surface area contributed by atoms with Crippen LogP contribution in [0.25, 0.3) is 0 Å². The smallest absolute Gasteiger partial charge is 0.124 e. The van der Waals surface area contributed by atoms with Crippen molar-refractivity contribution < 1.29 is 9.84 Å². The molecule has 0 bridgehead atoms. The molecule has 1 aromatic rings.